The van der Waals surface area contributed by atoms with Crippen LogP contribution in [0.3, 0.4) is 0 Å². The van der Waals surface area contributed by atoms with Crippen LogP contribution in [-0.4, -0.2) is 28.9 Å². The summed E-state index contributed by atoms with van der Waals surface area (Å²) in [5.41, 5.74) is 0.265. The zero-order valence-electron chi connectivity index (χ0n) is 9.46. The van der Waals surface area contributed by atoms with Crippen LogP contribution in [0.2, 0.25) is 10.2 Å². The summed E-state index contributed by atoms with van der Waals surface area (Å²) in [7, 11) is 0. The molecule has 2 heterocycles. The molecule has 1 amide bonds. The number of rotatable bonds is 1. The van der Waals surface area contributed by atoms with Gasteiger partial charge in [0.25, 0.3) is 5.91 Å². The van der Waals surface area contributed by atoms with Gasteiger partial charge in [-0.3, -0.25) is 4.79 Å². The minimum Gasteiger partial charge on any atom is -0.337 e. The first kappa shape index (κ1) is 12.7. The highest BCUT2D eigenvalue weighted by Gasteiger charge is 2.21. The average molecular weight is 273 g/mol. The Hall–Kier alpha value is -0.800. The Kier molecular flexibility index (Phi) is 4.24. The third-order valence-electron chi connectivity index (χ3n) is 2.91. The van der Waals surface area contributed by atoms with E-state index in [-0.39, 0.29) is 11.6 Å². The Labute approximate surface area is 111 Å². The molecule has 1 saturated heterocycles. The van der Waals surface area contributed by atoms with Crippen LogP contribution in [0, 0.1) is 0 Å². The Morgan fingerprint density at radius 1 is 1.12 bits per heavy atom. The van der Waals surface area contributed by atoms with E-state index in [1.807, 2.05) is 4.90 Å². The van der Waals surface area contributed by atoms with E-state index in [0.717, 1.165) is 25.9 Å². The summed E-state index contributed by atoms with van der Waals surface area (Å²) in [6.07, 6.45) is 4.45. The van der Waals surface area contributed by atoms with Gasteiger partial charge in [-0.15, -0.1) is 0 Å². The van der Waals surface area contributed by atoms with Crippen LogP contribution < -0.4 is 0 Å². The van der Waals surface area contributed by atoms with E-state index in [2.05, 4.69) is 4.98 Å². The quantitative estimate of drug-likeness (QED) is 0.735. The van der Waals surface area contributed by atoms with Crippen LogP contribution in [0.25, 0.3) is 0 Å². The second-order valence-electron chi connectivity index (χ2n) is 4.17. The first-order valence-corrected chi connectivity index (χ1v) is 6.55. The highest BCUT2D eigenvalue weighted by molar-refractivity contribution is 6.34. The van der Waals surface area contributed by atoms with Crippen molar-refractivity contribution in [2.24, 2.45) is 0 Å². The number of hydrogen-bond donors (Lipinski definition) is 0. The molecule has 0 aromatic carbocycles. The number of likely N-dealkylation sites (tertiary alicyclic amines) is 1. The van der Waals surface area contributed by atoms with E-state index >= 15 is 0 Å². The van der Waals surface area contributed by atoms with Gasteiger partial charge in [-0.25, -0.2) is 4.98 Å². The fourth-order valence-corrected chi connectivity index (χ4v) is 2.33. The topological polar surface area (TPSA) is 33.2 Å². The van der Waals surface area contributed by atoms with Gasteiger partial charge in [0.05, 0.1) is 5.02 Å². The summed E-state index contributed by atoms with van der Waals surface area (Å²) < 4.78 is 0. The second-order valence-corrected chi connectivity index (χ2v) is 4.97. The third kappa shape index (κ3) is 3.11. The van der Waals surface area contributed by atoms with Gasteiger partial charge in [0.2, 0.25) is 0 Å². The van der Waals surface area contributed by atoms with Crippen LogP contribution in [0.1, 0.15) is 36.2 Å². The molecule has 0 bridgehead atoms. The molecule has 0 unspecified atom stereocenters. The summed E-state index contributed by atoms with van der Waals surface area (Å²) in [6.45, 7) is 1.56. The zero-order chi connectivity index (χ0) is 12.3. The monoisotopic (exact) mass is 272 g/mol. The molecule has 0 saturated carbocycles. The molecule has 3 nitrogen and oxygen atoms in total. The lowest BCUT2D eigenvalue weighted by atomic mass is 10.2. The van der Waals surface area contributed by atoms with Crippen LogP contribution >= 0.6 is 23.2 Å². The van der Waals surface area contributed by atoms with E-state index in [1.165, 1.54) is 12.8 Å². The van der Waals surface area contributed by atoms with Gasteiger partial charge in [-0.2, -0.15) is 0 Å². The van der Waals surface area contributed by atoms with Gasteiger partial charge in [-0.1, -0.05) is 36.0 Å². The van der Waals surface area contributed by atoms with Gasteiger partial charge in [0.15, 0.2) is 0 Å². The maximum absolute atomic E-state index is 12.2. The largest absolute Gasteiger partial charge is 0.337 e. The van der Waals surface area contributed by atoms with Crippen molar-refractivity contribution in [2.75, 3.05) is 13.1 Å². The number of halogens is 2. The van der Waals surface area contributed by atoms with E-state index in [0.29, 0.717) is 10.2 Å². The zero-order valence-corrected chi connectivity index (χ0v) is 11.0. The number of pyridine rings is 1. The Morgan fingerprint density at radius 3 is 2.41 bits per heavy atom. The normalized spacial score (nSPS) is 16.7. The van der Waals surface area contributed by atoms with Crippen molar-refractivity contribution in [2.45, 2.75) is 25.7 Å². The molecule has 0 radical (unpaired) electrons. The number of carbonyl (C=O) groups is 1. The van der Waals surface area contributed by atoms with Gasteiger partial charge in [-0.05, 0) is 25.0 Å². The van der Waals surface area contributed by atoms with Crippen LogP contribution in [0.15, 0.2) is 12.1 Å². The first-order chi connectivity index (χ1) is 8.18. The molecular formula is C12H14Cl2N2O. The molecular weight excluding hydrogens is 259 g/mol. The van der Waals surface area contributed by atoms with Gasteiger partial charge < -0.3 is 4.90 Å². The fraction of sp³-hybridized carbons (Fsp3) is 0.500. The minimum absolute atomic E-state index is 0.112. The molecule has 1 aromatic heterocycles. The smallest absolute Gasteiger partial charge is 0.274 e. The molecule has 1 aromatic rings. The van der Waals surface area contributed by atoms with E-state index in [1.54, 1.807) is 12.1 Å². The summed E-state index contributed by atoms with van der Waals surface area (Å²) in [4.78, 5) is 18.1. The SMILES string of the molecule is O=C(c1nc(Cl)ccc1Cl)N1CCCCCC1. The van der Waals surface area contributed by atoms with Crippen LogP contribution in [-0.2, 0) is 0 Å². The molecule has 2 rings (SSSR count). The standard InChI is InChI=1S/C12H14Cl2N2O/c13-9-5-6-10(14)15-11(9)12(17)16-7-3-1-2-4-8-16/h5-6H,1-4,7-8H2. The molecule has 92 valence electrons. The number of amides is 1. The Bertz CT molecular complexity index is 415. The van der Waals surface area contributed by atoms with E-state index in [4.69, 9.17) is 23.2 Å². The summed E-state index contributed by atoms with van der Waals surface area (Å²) >= 11 is 11.8. The number of carbonyl (C=O) groups excluding carboxylic acids is 1. The lowest BCUT2D eigenvalue weighted by Gasteiger charge is -2.20. The van der Waals surface area contributed by atoms with Crippen molar-refractivity contribution in [1.82, 2.24) is 9.88 Å². The fourth-order valence-electron chi connectivity index (χ4n) is 1.99. The van der Waals surface area contributed by atoms with Crippen molar-refractivity contribution in [3.8, 4) is 0 Å². The average Bonchev–Trinajstić information content (AvgIpc) is 2.60. The lowest BCUT2D eigenvalue weighted by molar-refractivity contribution is 0.0756. The maximum Gasteiger partial charge on any atom is 0.274 e. The van der Waals surface area contributed by atoms with Crippen LogP contribution in [0.4, 0.5) is 0 Å². The predicted octanol–water partition coefficient (Wildman–Crippen LogP) is 3.40. The maximum atomic E-state index is 12.2. The first-order valence-electron chi connectivity index (χ1n) is 5.80. The number of nitrogens with zero attached hydrogens (tertiary/aromatic N) is 2. The van der Waals surface area contributed by atoms with Crippen molar-refractivity contribution in [3.63, 3.8) is 0 Å². The summed E-state index contributed by atoms with van der Waals surface area (Å²) in [6, 6.07) is 3.20. The van der Waals surface area contributed by atoms with E-state index < -0.39 is 0 Å². The molecule has 0 aliphatic carbocycles. The Morgan fingerprint density at radius 2 is 1.76 bits per heavy atom. The summed E-state index contributed by atoms with van der Waals surface area (Å²) in [5, 5.41) is 0.663. The van der Waals surface area contributed by atoms with E-state index in [9.17, 15) is 4.79 Å². The number of hydrogen-bond acceptors (Lipinski definition) is 2. The van der Waals surface area contributed by atoms with Crippen molar-refractivity contribution in [3.05, 3.63) is 28.0 Å². The minimum atomic E-state index is -0.112. The molecule has 5 heteroatoms. The van der Waals surface area contributed by atoms with Crippen molar-refractivity contribution < 1.29 is 4.79 Å². The van der Waals surface area contributed by atoms with Crippen molar-refractivity contribution >= 4 is 29.1 Å². The Balaban J connectivity index is 2.20. The molecule has 17 heavy (non-hydrogen) atoms. The van der Waals surface area contributed by atoms with Gasteiger partial charge >= 0.3 is 0 Å². The lowest BCUT2D eigenvalue weighted by Crippen LogP contribution is -2.32. The van der Waals surface area contributed by atoms with Crippen LogP contribution in [0.5, 0.6) is 0 Å². The highest BCUT2D eigenvalue weighted by atomic mass is 35.5. The van der Waals surface area contributed by atoms with Gasteiger partial charge in [0.1, 0.15) is 10.8 Å². The third-order valence-corrected chi connectivity index (χ3v) is 3.42. The van der Waals surface area contributed by atoms with Crippen molar-refractivity contribution in [1.29, 1.82) is 0 Å². The molecule has 0 spiro atoms. The highest BCUT2D eigenvalue weighted by Crippen LogP contribution is 2.20. The van der Waals surface area contributed by atoms with Gasteiger partial charge in [0, 0.05) is 13.1 Å². The molecule has 0 N–H and O–H groups in total. The second kappa shape index (κ2) is 5.69. The molecule has 1 aliphatic heterocycles. The number of aromatic nitrogens is 1. The molecule has 1 aliphatic rings. The predicted molar refractivity (Wildman–Crippen MR) is 68.6 cm³/mol. The summed E-state index contributed by atoms with van der Waals surface area (Å²) in [5.74, 6) is -0.112. The molecule has 1 fully saturated rings. The molecule has 0 atom stereocenters.